The maximum atomic E-state index is 11.7. The Morgan fingerprint density at radius 1 is 1.08 bits per heavy atom. The minimum Gasteiger partial charge on any atom is -0.490 e. The van der Waals surface area contributed by atoms with Gasteiger partial charge in [0.25, 0.3) is 5.91 Å². The van der Waals surface area contributed by atoms with Crippen molar-refractivity contribution in [3.05, 3.63) is 64.6 Å². The van der Waals surface area contributed by atoms with Crippen molar-refractivity contribution in [2.75, 3.05) is 13.2 Å². The molecule has 1 aliphatic heterocycles. The fourth-order valence-electron chi connectivity index (χ4n) is 2.22. The van der Waals surface area contributed by atoms with Crippen LogP contribution in [-0.2, 0) is 4.79 Å². The molecule has 0 unspecified atom stereocenters. The van der Waals surface area contributed by atoms with Crippen LogP contribution < -0.4 is 14.8 Å². The molecule has 0 aromatic heterocycles. The number of carbonyl (C=O) groups is 1. The van der Waals surface area contributed by atoms with E-state index in [1.165, 1.54) is 17.3 Å². The van der Waals surface area contributed by atoms with Crippen LogP contribution in [0.4, 0.5) is 0 Å². The molecule has 1 heterocycles. The van der Waals surface area contributed by atoms with E-state index in [-0.39, 0.29) is 5.91 Å². The summed E-state index contributed by atoms with van der Waals surface area (Å²) in [5.74, 6) is 1.40. The molecule has 128 valence electrons. The van der Waals surface area contributed by atoms with Crippen LogP contribution in [0.1, 0.15) is 11.1 Å². The van der Waals surface area contributed by atoms with Gasteiger partial charge in [0.05, 0.1) is 4.91 Å². The first-order chi connectivity index (χ1) is 12.1. The molecule has 3 rings (SSSR count). The Morgan fingerprint density at radius 2 is 1.80 bits per heavy atom. The number of thiocarbonyl (C=S) groups is 1. The lowest BCUT2D eigenvalue weighted by molar-refractivity contribution is -0.115. The third kappa shape index (κ3) is 5.08. The van der Waals surface area contributed by atoms with Gasteiger partial charge in [0, 0.05) is 0 Å². The summed E-state index contributed by atoms with van der Waals surface area (Å²) >= 11 is 6.25. The fraction of sp³-hybridized carbons (Fsp3) is 0.158. The van der Waals surface area contributed by atoms with Gasteiger partial charge in [-0.15, -0.1) is 0 Å². The third-order valence-electron chi connectivity index (χ3n) is 3.44. The van der Waals surface area contributed by atoms with Gasteiger partial charge in [0.2, 0.25) is 0 Å². The molecule has 0 saturated carbocycles. The van der Waals surface area contributed by atoms with E-state index in [1.54, 1.807) is 6.08 Å². The first kappa shape index (κ1) is 17.5. The van der Waals surface area contributed by atoms with E-state index in [2.05, 4.69) is 5.32 Å². The van der Waals surface area contributed by atoms with E-state index in [4.69, 9.17) is 21.7 Å². The van der Waals surface area contributed by atoms with Gasteiger partial charge in [0.15, 0.2) is 0 Å². The molecule has 1 N–H and O–H groups in total. The zero-order valence-electron chi connectivity index (χ0n) is 13.7. The second kappa shape index (κ2) is 8.18. The number of amides is 1. The van der Waals surface area contributed by atoms with Crippen molar-refractivity contribution in [1.29, 1.82) is 0 Å². The zero-order chi connectivity index (χ0) is 17.6. The summed E-state index contributed by atoms with van der Waals surface area (Å²) in [6, 6.07) is 15.5. The largest absolute Gasteiger partial charge is 0.490 e. The van der Waals surface area contributed by atoms with Crippen LogP contribution in [0.15, 0.2) is 53.4 Å². The number of ether oxygens (including phenoxy) is 2. The van der Waals surface area contributed by atoms with Crippen molar-refractivity contribution >= 4 is 40.3 Å². The zero-order valence-corrected chi connectivity index (χ0v) is 15.3. The van der Waals surface area contributed by atoms with Gasteiger partial charge in [-0.2, -0.15) is 0 Å². The first-order valence-corrected chi connectivity index (χ1v) is 9.00. The molecule has 1 saturated heterocycles. The summed E-state index contributed by atoms with van der Waals surface area (Å²) in [6.45, 7) is 2.94. The molecule has 4 nitrogen and oxygen atoms in total. The summed E-state index contributed by atoms with van der Waals surface area (Å²) in [7, 11) is 0. The number of benzene rings is 2. The minimum atomic E-state index is -0.159. The maximum absolute atomic E-state index is 11.7. The van der Waals surface area contributed by atoms with E-state index in [1.807, 2.05) is 55.5 Å². The molecule has 0 spiro atoms. The molecule has 2 aromatic rings. The van der Waals surface area contributed by atoms with Crippen LogP contribution in [-0.4, -0.2) is 23.4 Å². The Kier molecular flexibility index (Phi) is 5.73. The highest BCUT2D eigenvalue weighted by Crippen LogP contribution is 2.26. The Balaban J connectivity index is 1.53. The maximum Gasteiger partial charge on any atom is 0.263 e. The van der Waals surface area contributed by atoms with Crippen LogP contribution in [0, 0.1) is 6.92 Å². The Morgan fingerprint density at radius 3 is 2.48 bits per heavy atom. The Labute approximate surface area is 156 Å². The molecule has 0 aliphatic carbocycles. The smallest absolute Gasteiger partial charge is 0.263 e. The third-order valence-corrected chi connectivity index (χ3v) is 4.60. The van der Waals surface area contributed by atoms with Crippen LogP contribution in [0.3, 0.4) is 0 Å². The van der Waals surface area contributed by atoms with Gasteiger partial charge in [-0.3, -0.25) is 4.79 Å². The molecular formula is C19H17NO3S2. The number of rotatable bonds is 6. The number of hydrogen-bond donors (Lipinski definition) is 1. The molecule has 0 atom stereocenters. The van der Waals surface area contributed by atoms with Crippen molar-refractivity contribution in [2.45, 2.75) is 6.92 Å². The van der Waals surface area contributed by atoms with Gasteiger partial charge < -0.3 is 14.8 Å². The lowest BCUT2D eigenvalue weighted by Gasteiger charge is -2.09. The number of hydrogen-bond acceptors (Lipinski definition) is 5. The van der Waals surface area contributed by atoms with Crippen molar-refractivity contribution in [2.24, 2.45) is 0 Å². The van der Waals surface area contributed by atoms with Crippen LogP contribution >= 0.6 is 24.0 Å². The quantitative estimate of drug-likeness (QED) is 0.473. The van der Waals surface area contributed by atoms with E-state index in [9.17, 15) is 4.79 Å². The first-order valence-electron chi connectivity index (χ1n) is 7.77. The molecule has 0 radical (unpaired) electrons. The van der Waals surface area contributed by atoms with Gasteiger partial charge >= 0.3 is 0 Å². The average molecular weight is 371 g/mol. The standard InChI is InChI=1S/C19H17NO3S2/c1-13-5-7-15(8-6-13)22-9-10-23-16-4-2-3-14(11-16)12-17-18(21)20-19(24)25-17/h2-8,11-12H,9-10H2,1H3,(H,20,21,24)/b17-12+. The predicted octanol–water partition coefficient (Wildman–Crippen LogP) is 3.94. The predicted molar refractivity (Wildman–Crippen MR) is 105 cm³/mol. The minimum absolute atomic E-state index is 0.159. The van der Waals surface area contributed by atoms with Crippen LogP contribution in [0.25, 0.3) is 6.08 Å². The molecule has 6 heteroatoms. The monoisotopic (exact) mass is 371 g/mol. The molecular weight excluding hydrogens is 354 g/mol. The number of nitrogens with one attached hydrogen (secondary N) is 1. The average Bonchev–Trinajstić information content (AvgIpc) is 2.91. The number of carbonyl (C=O) groups excluding carboxylic acids is 1. The molecule has 1 fully saturated rings. The SMILES string of the molecule is Cc1ccc(OCCOc2cccc(/C=C3/SC(=S)NC3=O)c2)cc1. The van der Waals surface area contributed by atoms with Crippen molar-refractivity contribution in [3.63, 3.8) is 0 Å². The van der Waals surface area contributed by atoms with Crippen molar-refractivity contribution in [1.82, 2.24) is 5.32 Å². The highest BCUT2D eigenvalue weighted by molar-refractivity contribution is 8.26. The lowest BCUT2D eigenvalue weighted by Crippen LogP contribution is -2.17. The summed E-state index contributed by atoms with van der Waals surface area (Å²) < 4.78 is 11.8. The van der Waals surface area contributed by atoms with E-state index in [0.717, 1.165) is 17.1 Å². The Hall–Kier alpha value is -2.31. The summed E-state index contributed by atoms with van der Waals surface area (Å²) in [5, 5.41) is 2.60. The molecule has 1 amide bonds. The second-order valence-electron chi connectivity index (χ2n) is 5.43. The number of thioether (sulfide) groups is 1. The van der Waals surface area contributed by atoms with Crippen LogP contribution in [0.5, 0.6) is 11.5 Å². The van der Waals surface area contributed by atoms with Crippen molar-refractivity contribution < 1.29 is 14.3 Å². The van der Waals surface area contributed by atoms with E-state index in [0.29, 0.717) is 22.4 Å². The van der Waals surface area contributed by atoms with Crippen molar-refractivity contribution in [3.8, 4) is 11.5 Å². The molecule has 1 aliphatic rings. The van der Waals surface area contributed by atoms with E-state index < -0.39 is 0 Å². The highest BCUT2D eigenvalue weighted by Gasteiger charge is 2.21. The molecule has 2 aromatic carbocycles. The molecule has 25 heavy (non-hydrogen) atoms. The number of aryl methyl sites for hydroxylation is 1. The van der Waals surface area contributed by atoms with Gasteiger partial charge in [0.1, 0.15) is 29.0 Å². The summed E-state index contributed by atoms with van der Waals surface area (Å²) in [5.41, 5.74) is 2.09. The highest BCUT2D eigenvalue weighted by atomic mass is 32.2. The molecule has 0 bridgehead atoms. The van der Waals surface area contributed by atoms with E-state index >= 15 is 0 Å². The lowest BCUT2D eigenvalue weighted by atomic mass is 10.2. The fourth-order valence-corrected chi connectivity index (χ4v) is 3.26. The van der Waals surface area contributed by atoms with Crippen LogP contribution in [0.2, 0.25) is 0 Å². The topological polar surface area (TPSA) is 47.6 Å². The van der Waals surface area contributed by atoms with Gasteiger partial charge in [-0.05, 0) is 42.8 Å². The van der Waals surface area contributed by atoms with Gasteiger partial charge in [-0.25, -0.2) is 0 Å². The summed E-state index contributed by atoms with van der Waals surface area (Å²) in [4.78, 5) is 12.3. The van der Waals surface area contributed by atoms with Gasteiger partial charge in [-0.1, -0.05) is 53.8 Å². The Bertz CT molecular complexity index is 816. The summed E-state index contributed by atoms with van der Waals surface area (Å²) in [6.07, 6.45) is 1.80. The second-order valence-corrected chi connectivity index (χ2v) is 7.15. The normalized spacial score (nSPS) is 15.3.